The highest BCUT2D eigenvalue weighted by atomic mass is 127. The third-order valence-electron chi connectivity index (χ3n) is 4.11. The van der Waals surface area contributed by atoms with Crippen molar-refractivity contribution in [2.45, 2.75) is 46.6 Å². The zero-order valence-electron chi connectivity index (χ0n) is 16.0. The van der Waals surface area contributed by atoms with E-state index >= 15 is 0 Å². The number of benzene rings is 1. The predicted molar refractivity (Wildman–Crippen MR) is 121 cm³/mol. The van der Waals surface area contributed by atoms with Crippen molar-refractivity contribution in [3.8, 4) is 0 Å². The molecule has 7 heteroatoms. The average Bonchev–Trinajstić information content (AvgIpc) is 2.89. The molecule has 2 rings (SSSR count). The Morgan fingerprint density at radius 1 is 1.19 bits per heavy atom. The molecule has 5 nitrogen and oxygen atoms in total. The Labute approximate surface area is 181 Å². The average molecular weight is 535 g/mol. The van der Waals surface area contributed by atoms with E-state index < -0.39 is 0 Å². The molecular formula is C19H28BrIN4O. The molecule has 1 aromatic carbocycles. The quantitative estimate of drug-likeness (QED) is 0.320. The summed E-state index contributed by atoms with van der Waals surface area (Å²) in [5, 5.41) is 6.69. The number of halogens is 2. The Hall–Kier alpha value is -1.09. The van der Waals surface area contributed by atoms with E-state index in [9.17, 15) is 0 Å². The molecule has 0 saturated carbocycles. The van der Waals surface area contributed by atoms with E-state index in [4.69, 9.17) is 4.42 Å². The normalized spacial score (nSPS) is 11.8. The Bertz CT molecular complexity index is 706. The number of aryl methyl sites for hydroxylation is 2. The SMILES string of the molecule is CCNC(=NCc1nc(C)c(C)o1)NCC(C)(C)c1ccc(Br)cc1.I. The van der Waals surface area contributed by atoms with Crippen molar-refractivity contribution in [3.63, 3.8) is 0 Å². The highest BCUT2D eigenvalue weighted by molar-refractivity contribution is 14.0. The van der Waals surface area contributed by atoms with Crippen LogP contribution < -0.4 is 10.6 Å². The van der Waals surface area contributed by atoms with Crippen molar-refractivity contribution in [3.05, 3.63) is 51.6 Å². The van der Waals surface area contributed by atoms with Crippen LogP contribution in [-0.2, 0) is 12.0 Å². The maximum absolute atomic E-state index is 5.59. The van der Waals surface area contributed by atoms with Gasteiger partial charge in [0.15, 0.2) is 5.96 Å². The minimum atomic E-state index is -0.0208. The maximum Gasteiger partial charge on any atom is 0.216 e. The first-order valence-corrected chi connectivity index (χ1v) is 9.32. The fraction of sp³-hybridized carbons (Fsp3) is 0.474. The molecule has 0 aliphatic heterocycles. The molecule has 0 unspecified atom stereocenters. The lowest BCUT2D eigenvalue weighted by Crippen LogP contribution is -2.43. The van der Waals surface area contributed by atoms with Crippen molar-refractivity contribution in [1.29, 1.82) is 0 Å². The van der Waals surface area contributed by atoms with Gasteiger partial charge >= 0.3 is 0 Å². The zero-order valence-corrected chi connectivity index (χ0v) is 19.9. The van der Waals surface area contributed by atoms with E-state index in [2.05, 4.69) is 81.6 Å². The Kier molecular flexibility index (Phi) is 9.09. The second kappa shape index (κ2) is 10.3. The van der Waals surface area contributed by atoms with Gasteiger partial charge in [-0.05, 0) is 38.5 Å². The first-order valence-electron chi connectivity index (χ1n) is 8.53. The summed E-state index contributed by atoms with van der Waals surface area (Å²) in [4.78, 5) is 8.95. The summed E-state index contributed by atoms with van der Waals surface area (Å²) in [6.07, 6.45) is 0. The van der Waals surface area contributed by atoms with Gasteiger partial charge in [-0.15, -0.1) is 24.0 Å². The van der Waals surface area contributed by atoms with Gasteiger partial charge in [0.05, 0.1) is 5.69 Å². The third kappa shape index (κ3) is 6.57. The van der Waals surface area contributed by atoms with E-state index in [0.717, 1.165) is 35.0 Å². The molecule has 0 fully saturated rings. The number of oxazole rings is 1. The summed E-state index contributed by atoms with van der Waals surface area (Å²) in [6.45, 7) is 12.3. The van der Waals surface area contributed by atoms with Crippen LogP contribution in [-0.4, -0.2) is 24.0 Å². The molecule has 0 aliphatic rings. The molecule has 0 bridgehead atoms. The maximum atomic E-state index is 5.59. The van der Waals surface area contributed by atoms with Crippen molar-refractivity contribution >= 4 is 45.9 Å². The fourth-order valence-corrected chi connectivity index (χ4v) is 2.67. The largest absolute Gasteiger partial charge is 0.444 e. The number of hydrogen-bond acceptors (Lipinski definition) is 3. The smallest absolute Gasteiger partial charge is 0.216 e. The summed E-state index contributed by atoms with van der Waals surface area (Å²) in [5.74, 6) is 2.25. The summed E-state index contributed by atoms with van der Waals surface area (Å²) >= 11 is 3.48. The second-order valence-corrected chi connectivity index (χ2v) is 7.60. The van der Waals surface area contributed by atoms with Crippen LogP contribution in [0.1, 0.15) is 43.7 Å². The molecule has 144 valence electrons. The van der Waals surface area contributed by atoms with Gasteiger partial charge in [0, 0.05) is 23.0 Å². The van der Waals surface area contributed by atoms with Gasteiger partial charge in [-0.3, -0.25) is 0 Å². The lowest BCUT2D eigenvalue weighted by Gasteiger charge is -2.27. The summed E-state index contributed by atoms with van der Waals surface area (Å²) in [7, 11) is 0. The van der Waals surface area contributed by atoms with Crippen molar-refractivity contribution < 1.29 is 4.42 Å². The minimum Gasteiger partial charge on any atom is -0.444 e. The van der Waals surface area contributed by atoms with Gasteiger partial charge in [0.1, 0.15) is 12.3 Å². The molecule has 26 heavy (non-hydrogen) atoms. The first-order chi connectivity index (χ1) is 11.8. The molecule has 0 radical (unpaired) electrons. The predicted octanol–water partition coefficient (Wildman–Crippen LogP) is 4.70. The van der Waals surface area contributed by atoms with Crippen LogP contribution in [0.5, 0.6) is 0 Å². The highest BCUT2D eigenvalue weighted by Crippen LogP contribution is 2.24. The standard InChI is InChI=1S/C19H27BrN4O.HI/c1-6-21-18(22-11-17-24-13(2)14(3)25-17)23-12-19(4,5)15-7-9-16(20)10-8-15;/h7-10H,6,11-12H2,1-5H3,(H2,21,22,23);1H. The van der Waals surface area contributed by atoms with E-state index in [1.54, 1.807) is 0 Å². The van der Waals surface area contributed by atoms with Crippen LogP contribution in [0.15, 0.2) is 38.1 Å². The lowest BCUT2D eigenvalue weighted by molar-refractivity contribution is 0.471. The molecule has 0 amide bonds. The number of guanidine groups is 1. The van der Waals surface area contributed by atoms with Gasteiger partial charge in [0.2, 0.25) is 5.89 Å². The van der Waals surface area contributed by atoms with Crippen LogP contribution in [0.2, 0.25) is 0 Å². The Morgan fingerprint density at radius 3 is 2.38 bits per heavy atom. The zero-order chi connectivity index (χ0) is 18.4. The third-order valence-corrected chi connectivity index (χ3v) is 4.64. The van der Waals surface area contributed by atoms with Crippen LogP contribution >= 0.6 is 39.9 Å². The number of aliphatic imine (C=N–C) groups is 1. The number of rotatable bonds is 6. The Balaban J connectivity index is 0.00000338. The molecule has 0 aliphatic carbocycles. The van der Waals surface area contributed by atoms with Crippen LogP contribution in [0, 0.1) is 13.8 Å². The van der Waals surface area contributed by atoms with E-state index in [1.807, 2.05) is 13.8 Å². The molecule has 1 heterocycles. The van der Waals surface area contributed by atoms with Gasteiger partial charge < -0.3 is 15.1 Å². The lowest BCUT2D eigenvalue weighted by atomic mass is 9.85. The molecule has 0 spiro atoms. The summed E-state index contributed by atoms with van der Waals surface area (Å²) in [6, 6.07) is 8.44. The van der Waals surface area contributed by atoms with Crippen molar-refractivity contribution in [1.82, 2.24) is 15.6 Å². The second-order valence-electron chi connectivity index (χ2n) is 6.69. The van der Waals surface area contributed by atoms with Crippen LogP contribution in [0.4, 0.5) is 0 Å². The molecule has 2 aromatic rings. The van der Waals surface area contributed by atoms with Crippen LogP contribution in [0.25, 0.3) is 0 Å². The molecular weight excluding hydrogens is 507 g/mol. The van der Waals surface area contributed by atoms with Gasteiger partial charge in [-0.2, -0.15) is 0 Å². The number of hydrogen-bond donors (Lipinski definition) is 2. The van der Waals surface area contributed by atoms with E-state index in [1.165, 1.54) is 5.56 Å². The van der Waals surface area contributed by atoms with E-state index in [0.29, 0.717) is 12.4 Å². The highest BCUT2D eigenvalue weighted by Gasteiger charge is 2.21. The first kappa shape index (κ1) is 23.0. The molecule has 1 aromatic heterocycles. The van der Waals surface area contributed by atoms with Gasteiger partial charge in [-0.25, -0.2) is 9.98 Å². The van der Waals surface area contributed by atoms with Gasteiger partial charge in [0.25, 0.3) is 0 Å². The van der Waals surface area contributed by atoms with Crippen molar-refractivity contribution in [2.75, 3.05) is 13.1 Å². The summed E-state index contributed by atoms with van der Waals surface area (Å²) < 4.78 is 6.68. The fourth-order valence-electron chi connectivity index (χ4n) is 2.40. The van der Waals surface area contributed by atoms with E-state index in [-0.39, 0.29) is 29.4 Å². The number of aromatic nitrogens is 1. The van der Waals surface area contributed by atoms with Crippen molar-refractivity contribution in [2.24, 2.45) is 4.99 Å². The van der Waals surface area contributed by atoms with Crippen LogP contribution in [0.3, 0.4) is 0 Å². The number of nitrogens with zero attached hydrogens (tertiary/aromatic N) is 2. The molecule has 0 atom stereocenters. The molecule has 2 N–H and O–H groups in total. The monoisotopic (exact) mass is 534 g/mol. The van der Waals surface area contributed by atoms with Gasteiger partial charge in [-0.1, -0.05) is 41.9 Å². The Morgan fingerprint density at radius 2 is 1.85 bits per heavy atom. The minimum absolute atomic E-state index is 0. The topological polar surface area (TPSA) is 62.5 Å². The molecule has 0 saturated heterocycles. The summed E-state index contributed by atoms with van der Waals surface area (Å²) in [5.41, 5.74) is 2.17. The number of nitrogens with one attached hydrogen (secondary N) is 2.